The van der Waals surface area contributed by atoms with E-state index in [1.165, 1.54) is 11.3 Å². The van der Waals surface area contributed by atoms with Gasteiger partial charge in [0.25, 0.3) is 0 Å². The van der Waals surface area contributed by atoms with E-state index in [0.717, 1.165) is 16.3 Å². The van der Waals surface area contributed by atoms with Crippen molar-refractivity contribution in [2.75, 3.05) is 0 Å². The zero-order valence-corrected chi connectivity index (χ0v) is 10.5. The molecule has 17 heavy (non-hydrogen) atoms. The van der Waals surface area contributed by atoms with Gasteiger partial charge in [0.15, 0.2) is 0 Å². The van der Waals surface area contributed by atoms with Crippen LogP contribution in [0.2, 0.25) is 0 Å². The summed E-state index contributed by atoms with van der Waals surface area (Å²) in [6.07, 6.45) is 0.366. The lowest BCUT2D eigenvalue weighted by molar-refractivity contribution is -0.120. The van der Waals surface area contributed by atoms with E-state index < -0.39 is 0 Å². The maximum absolute atomic E-state index is 11.7. The van der Waals surface area contributed by atoms with Gasteiger partial charge >= 0.3 is 0 Å². The van der Waals surface area contributed by atoms with Crippen molar-refractivity contribution >= 4 is 17.2 Å². The molecule has 0 radical (unpaired) electrons. The summed E-state index contributed by atoms with van der Waals surface area (Å²) in [4.78, 5) is 15.9. The summed E-state index contributed by atoms with van der Waals surface area (Å²) in [7, 11) is 0. The first-order valence-corrected chi connectivity index (χ1v) is 6.33. The molecular weight excluding hydrogens is 232 g/mol. The quantitative estimate of drug-likeness (QED) is 0.899. The van der Waals surface area contributed by atoms with Crippen LogP contribution in [0.25, 0.3) is 0 Å². The molecule has 1 aromatic heterocycles. The van der Waals surface area contributed by atoms with Crippen LogP contribution in [0.3, 0.4) is 0 Å². The number of rotatable bonds is 4. The molecule has 1 N–H and O–H groups in total. The summed E-state index contributed by atoms with van der Waals surface area (Å²) in [6.45, 7) is 2.51. The monoisotopic (exact) mass is 246 g/mol. The molecule has 0 aliphatic rings. The number of aryl methyl sites for hydroxylation is 1. The van der Waals surface area contributed by atoms with Gasteiger partial charge in [0, 0.05) is 17.6 Å². The van der Waals surface area contributed by atoms with Crippen molar-refractivity contribution in [2.45, 2.75) is 19.9 Å². The highest BCUT2D eigenvalue weighted by Crippen LogP contribution is 2.09. The van der Waals surface area contributed by atoms with Crippen molar-refractivity contribution in [1.82, 2.24) is 10.3 Å². The minimum absolute atomic E-state index is 0.0169. The molecule has 3 nitrogen and oxygen atoms in total. The van der Waals surface area contributed by atoms with Gasteiger partial charge in [0.2, 0.25) is 5.91 Å². The number of carbonyl (C=O) groups excluding carboxylic acids is 1. The van der Waals surface area contributed by atoms with Gasteiger partial charge in [-0.3, -0.25) is 4.79 Å². The van der Waals surface area contributed by atoms with Crippen LogP contribution in [0.1, 0.15) is 16.3 Å². The number of aromatic nitrogens is 1. The number of hydrogen-bond acceptors (Lipinski definition) is 3. The summed E-state index contributed by atoms with van der Waals surface area (Å²) < 4.78 is 0. The maximum Gasteiger partial charge on any atom is 0.227 e. The third-order valence-corrected chi connectivity index (χ3v) is 3.28. The Morgan fingerprint density at radius 3 is 2.76 bits per heavy atom. The summed E-state index contributed by atoms with van der Waals surface area (Å²) >= 11 is 1.53. The smallest absolute Gasteiger partial charge is 0.227 e. The van der Waals surface area contributed by atoms with Crippen LogP contribution in [-0.2, 0) is 17.8 Å². The fourth-order valence-corrected chi connectivity index (χ4v) is 2.25. The Morgan fingerprint density at radius 1 is 1.35 bits per heavy atom. The lowest BCUT2D eigenvalue weighted by atomic mass is 10.2. The first kappa shape index (κ1) is 11.8. The van der Waals surface area contributed by atoms with E-state index >= 15 is 0 Å². The molecule has 0 spiro atoms. The van der Waals surface area contributed by atoms with Crippen molar-refractivity contribution in [3.05, 3.63) is 52.0 Å². The van der Waals surface area contributed by atoms with E-state index in [1.54, 1.807) is 0 Å². The van der Waals surface area contributed by atoms with Crippen molar-refractivity contribution in [3.63, 3.8) is 0 Å². The average Bonchev–Trinajstić information content (AvgIpc) is 2.73. The largest absolute Gasteiger partial charge is 0.352 e. The molecule has 0 unspecified atom stereocenters. The average molecular weight is 246 g/mol. The van der Waals surface area contributed by atoms with Gasteiger partial charge < -0.3 is 5.32 Å². The number of nitrogens with one attached hydrogen (secondary N) is 1. The Hall–Kier alpha value is -1.68. The van der Waals surface area contributed by atoms with E-state index in [0.29, 0.717) is 13.0 Å². The Labute approximate surface area is 105 Å². The molecule has 1 amide bonds. The Kier molecular flexibility index (Phi) is 3.88. The molecule has 0 atom stereocenters. The molecule has 0 saturated heterocycles. The molecule has 2 aromatic rings. The predicted octanol–water partition coefficient (Wildman–Crippen LogP) is 2.31. The molecule has 1 aromatic carbocycles. The number of amides is 1. The van der Waals surface area contributed by atoms with E-state index in [-0.39, 0.29) is 5.91 Å². The molecule has 0 saturated carbocycles. The minimum Gasteiger partial charge on any atom is -0.352 e. The Bertz CT molecular complexity index is 493. The fraction of sp³-hybridized carbons (Fsp3) is 0.231. The van der Waals surface area contributed by atoms with Crippen LogP contribution >= 0.6 is 11.3 Å². The zero-order valence-electron chi connectivity index (χ0n) is 9.64. The van der Waals surface area contributed by atoms with Crippen LogP contribution in [0, 0.1) is 6.92 Å². The van der Waals surface area contributed by atoms with Gasteiger partial charge in [-0.25, -0.2) is 4.98 Å². The van der Waals surface area contributed by atoms with Gasteiger partial charge in [-0.05, 0) is 12.5 Å². The van der Waals surface area contributed by atoms with E-state index in [9.17, 15) is 4.79 Å². The first-order chi connectivity index (χ1) is 8.24. The van der Waals surface area contributed by atoms with Gasteiger partial charge in [-0.1, -0.05) is 30.3 Å². The second-order valence-electron chi connectivity index (χ2n) is 3.82. The molecule has 0 fully saturated rings. The van der Waals surface area contributed by atoms with Crippen molar-refractivity contribution in [3.8, 4) is 0 Å². The predicted molar refractivity (Wildman–Crippen MR) is 68.8 cm³/mol. The second kappa shape index (κ2) is 5.59. The number of carbonyl (C=O) groups is 1. The highest BCUT2D eigenvalue weighted by Gasteiger charge is 2.06. The highest BCUT2D eigenvalue weighted by molar-refractivity contribution is 7.09. The highest BCUT2D eigenvalue weighted by atomic mass is 32.1. The minimum atomic E-state index is 0.0169. The summed E-state index contributed by atoms with van der Waals surface area (Å²) in [5.74, 6) is 0.0169. The van der Waals surface area contributed by atoms with Crippen molar-refractivity contribution in [1.29, 1.82) is 0 Å². The molecule has 2 rings (SSSR count). The first-order valence-electron chi connectivity index (χ1n) is 5.45. The lowest BCUT2D eigenvalue weighted by Crippen LogP contribution is -2.24. The molecular formula is C13H14N2OS. The summed E-state index contributed by atoms with van der Waals surface area (Å²) in [5, 5.41) is 5.71. The third kappa shape index (κ3) is 3.67. The normalized spacial score (nSPS) is 10.2. The number of benzene rings is 1. The third-order valence-electron chi connectivity index (χ3n) is 2.31. The molecule has 1 heterocycles. The molecule has 4 heteroatoms. The zero-order chi connectivity index (χ0) is 12.1. The van der Waals surface area contributed by atoms with Crippen molar-refractivity contribution in [2.24, 2.45) is 0 Å². The van der Waals surface area contributed by atoms with Crippen LogP contribution in [0.4, 0.5) is 0 Å². The standard InChI is InChI=1S/C13H14N2OS/c1-10-9-17-13(15-10)7-12(16)14-8-11-5-3-2-4-6-11/h2-6,9H,7-8H2,1H3,(H,14,16). The Balaban J connectivity index is 1.82. The molecule has 0 bridgehead atoms. The van der Waals surface area contributed by atoms with Gasteiger partial charge in [0.1, 0.15) is 5.01 Å². The molecule has 88 valence electrons. The number of thiazole rings is 1. The van der Waals surface area contributed by atoms with Crippen LogP contribution in [0.15, 0.2) is 35.7 Å². The van der Waals surface area contributed by atoms with Crippen molar-refractivity contribution < 1.29 is 4.79 Å². The van der Waals surface area contributed by atoms with E-state index in [1.807, 2.05) is 42.6 Å². The van der Waals surface area contributed by atoms with Gasteiger partial charge in [0.05, 0.1) is 6.42 Å². The van der Waals surface area contributed by atoms with Crippen LogP contribution < -0.4 is 5.32 Å². The summed E-state index contributed by atoms with van der Waals surface area (Å²) in [5.41, 5.74) is 2.08. The number of hydrogen-bond donors (Lipinski definition) is 1. The summed E-state index contributed by atoms with van der Waals surface area (Å²) in [6, 6.07) is 9.88. The van der Waals surface area contributed by atoms with Gasteiger partial charge in [-0.2, -0.15) is 0 Å². The lowest BCUT2D eigenvalue weighted by Gasteiger charge is -2.03. The van der Waals surface area contributed by atoms with E-state index in [4.69, 9.17) is 0 Å². The topological polar surface area (TPSA) is 42.0 Å². The maximum atomic E-state index is 11.7. The molecule has 0 aliphatic carbocycles. The van der Waals surface area contributed by atoms with Gasteiger partial charge in [-0.15, -0.1) is 11.3 Å². The second-order valence-corrected chi connectivity index (χ2v) is 4.76. The van der Waals surface area contributed by atoms with Crippen LogP contribution in [-0.4, -0.2) is 10.9 Å². The number of nitrogens with zero attached hydrogens (tertiary/aromatic N) is 1. The van der Waals surface area contributed by atoms with E-state index in [2.05, 4.69) is 10.3 Å². The Morgan fingerprint density at radius 2 is 2.12 bits per heavy atom. The van der Waals surface area contributed by atoms with Crippen LogP contribution in [0.5, 0.6) is 0 Å². The SMILES string of the molecule is Cc1csc(CC(=O)NCc2ccccc2)n1. The molecule has 0 aliphatic heterocycles. The fourth-order valence-electron chi connectivity index (χ4n) is 1.48.